The van der Waals surface area contributed by atoms with Crippen molar-refractivity contribution in [2.45, 2.75) is 18.3 Å². The predicted octanol–water partition coefficient (Wildman–Crippen LogP) is 2.74. The summed E-state index contributed by atoms with van der Waals surface area (Å²) < 4.78 is 0. The van der Waals surface area contributed by atoms with E-state index in [0.29, 0.717) is 25.9 Å². The number of nitrogens with zero attached hydrogens (tertiary/aromatic N) is 2. The van der Waals surface area contributed by atoms with Gasteiger partial charge in [0.2, 0.25) is 5.91 Å². The van der Waals surface area contributed by atoms with E-state index in [1.165, 1.54) is 6.08 Å². The molecule has 3 rings (SSSR count). The summed E-state index contributed by atoms with van der Waals surface area (Å²) in [5.74, 6) is -0.937. The average Bonchev–Trinajstić information content (AvgIpc) is 2.67. The summed E-state index contributed by atoms with van der Waals surface area (Å²) >= 11 is 0. The average molecular weight is 336 g/mol. The molecule has 2 heterocycles. The number of piperidine rings is 1. The second kappa shape index (κ2) is 7.30. The number of rotatable bonds is 4. The molecule has 1 N–H and O–H groups in total. The summed E-state index contributed by atoms with van der Waals surface area (Å²) in [4.78, 5) is 30.1. The minimum Gasteiger partial charge on any atom is -0.481 e. The molecular weight excluding hydrogens is 316 g/mol. The van der Waals surface area contributed by atoms with E-state index in [4.69, 9.17) is 0 Å². The van der Waals surface area contributed by atoms with E-state index in [-0.39, 0.29) is 5.91 Å². The number of aliphatic carboxylic acids is 1. The third-order valence-corrected chi connectivity index (χ3v) is 4.75. The molecule has 0 spiro atoms. The van der Waals surface area contributed by atoms with E-state index in [1.807, 2.05) is 48.5 Å². The Labute approximate surface area is 146 Å². The molecular formula is C20H20N2O3. The Morgan fingerprint density at radius 1 is 1.04 bits per heavy atom. The zero-order chi connectivity index (χ0) is 17.7. The van der Waals surface area contributed by atoms with Crippen LogP contribution in [0.1, 0.15) is 24.1 Å². The fourth-order valence-electron chi connectivity index (χ4n) is 3.23. The normalized spacial score (nSPS) is 16.7. The van der Waals surface area contributed by atoms with E-state index in [2.05, 4.69) is 4.98 Å². The first-order valence-electron chi connectivity index (χ1n) is 8.29. The number of amides is 1. The summed E-state index contributed by atoms with van der Waals surface area (Å²) in [5, 5.41) is 9.79. The lowest BCUT2D eigenvalue weighted by atomic mass is 9.73. The number of carboxylic acid groups (broad SMARTS) is 1. The zero-order valence-corrected chi connectivity index (χ0v) is 13.8. The van der Waals surface area contributed by atoms with Gasteiger partial charge < -0.3 is 10.0 Å². The van der Waals surface area contributed by atoms with Gasteiger partial charge in [-0.2, -0.15) is 0 Å². The standard InChI is InChI=1S/C20H20N2O3/c23-18(10-9-17-8-4-5-13-21-17)22-14-11-20(12-15-22,19(24)25)16-6-2-1-3-7-16/h1-10,13H,11-12,14-15H2,(H,24,25)/b10-9+. The van der Waals surface area contributed by atoms with Gasteiger partial charge in [-0.15, -0.1) is 0 Å². The first kappa shape index (κ1) is 16.9. The van der Waals surface area contributed by atoms with Crippen LogP contribution in [0.3, 0.4) is 0 Å². The van der Waals surface area contributed by atoms with Crippen LogP contribution in [0.15, 0.2) is 60.8 Å². The second-order valence-electron chi connectivity index (χ2n) is 6.17. The quantitative estimate of drug-likeness (QED) is 0.872. The number of carbonyl (C=O) groups is 2. The zero-order valence-electron chi connectivity index (χ0n) is 13.8. The SMILES string of the molecule is O=C(/C=C/c1ccccn1)N1CCC(C(=O)O)(c2ccccc2)CC1. The molecule has 1 aromatic heterocycles. The van der Waals surface area contributed by atoms with Crippen LogP contribution in [-0.2, 0) is 15.0 Å². The number of carbonyl (C=O) groups excluding carboxylic acids is 1. The van der Waals surface area contributed by atoms with Gasteiger partial charge in [0.15, 0.2) is 0 Å². The van der Waals surface area contributed by atoms with Gasteiger partial charge in [-0.3, -0.25) is 14.6 Å². The molecule has 5 nitrogen and oxygen atoms in total. The summed E-state index contributed by atoms with van der Waals surface area (Å²) in [7, 11) is 0. The third kappa shape index (κ3) is 3.60. The smallest absolute Gasteiger partial charge is 0.314 e. The number of hydrogen-bond acceptors (Lipinski definition) is 3. The van der Waals surface area contributed by atoms with E-state index in [1.54, 1.807) is 17.2 Å². The Hall–Kier alpha value is -2.95. The molecule has 5 heteroatoms. The second-order valence-corrected chi connectivity index (χ2v) is 6.17. The molecule has 0 atom stereocenters. The number of benzene rings is 1. The Morgan fingerprint density at radius 2 is 1.72 bits per heavy atom. The topological polar surface area (TPSA) is 70.5 Å². The largest absolute Gasteiger partial charge is 0.481 e. The first-order valence-corrected chi connectivity index (χ1v) is 8.29. The van der Waals surface area contributed by atoms with Gasteiger partial charge in [-0.05, 0) is 36.6 Å². The monoisotopic (exact) mass is 336 g/mol. The van der Waals surface area contributed by atoms with Crippen molar-refractivity contribution in [3.05, 3.63) is 72.1 Å². The van der Waals surface area contributed by atoms with Crippen molar-refractivity contribution in [1.29, 1.82) is 0 Å². The molecule has 1 aromatic carbocycles. The van der Waals surface area contributed by atoms with Gasteiger partial charge in [0, 0.05) is 25.4 Å². The molecule has 2 aromatic rings. The predicted molar refractivity (Wildman–Crippen MR) is 94.8 cm³/mol. The van der Waals surface area contributed by atoms with Crippen molar-refractivity contribution in [3.8, 4) is 0 Å². The van der Waals surface area contributed by atoms with E-state index in [0.717, 1.165) is 11.3 Å². The highest BCUT2D eigenvalue weighted by molar-refractivity contribution is 5.92. The number of carboxylic acids is 1. The molecule has 0 aliphatic carbocycles. The first-order chi connectivity index (χ1) is 12.1. The number of aromatic nitrogens is 1. The van der Waals surface area contributed by atoms with Crippen LogP contribution in [-0.4, -0.2) is 40.0 Å². The van der Waals surface area contributed by atoms with Gasteiger partial charge in [-0.25, -0.2) is 0 Å². The van der Waals surface area contributed by atoms with Crippen LogP contribution in [0.2, 0.25) is 0 Å². The van der Waals surface area contributed by atoms with Crippen LogP contribution >= 0.6 is 0 Å². The minimum absolute atomic E-state index is 0.113. The molecule has 0 radical (unpaired) electrons. The maximum atomic E-state index is 12.4. The van der Waals surface area contributed by atoms with Crippen LogP contribution < -0.4 is 0 Å². The number of hydrogen-bond donors (Lipinski definition) is 1. The van der Waals surface area contributed by atoms with Crippen molar-refractivity contribution in [2.75, 3.05) is 13.1 Å². The molecule has 1 amide bonds. The molecule has 0 bridgehead atoms. The van der Waals surface area contributed by atoms with Crippen molar-refractivity contribution >= 4 is 18.0 Å². The maximum Gasteiger partial charge on any atom is 0.314 e. The molecule has 0 unspecified atom stereocenters. The summed E-state index contributed by atoms with van der Waals surface area (Å²) in [5.41, 5.74) is 0.610. The third-order valence-electron chi connectivity index (χ3n) is 4.75. The molecule has 1 fully saturated rings. The van der Waals surface area contributed by atoms with Crippen molar-refractivity contribution in [2.24, 2.45) is 0 Å². The van der Waals surface area contributed by atoms with Crippen LogP contribution in [0.25, 0.3) is 6.08 Å². The Balaban J connectivity index is 1.69. The van der Waals surface area contributed by atoms with Gasteiger partial charge in [-0.1, -0.05) is 36.4 Å². The molecule has 128 valence electrons. The highest BCUT2D eigenvalue weighted by atomic mass is 16.4. The molecule has 25 heavy (non-hydrogen) atoms. The Bertz CT molecular complexity index is 764. The van der Waals surface area contributed by atoms with Gasteiger partial charge in [0.1, 0.15) is 0 Å². The lowest BCUT2D eigenvalue weighted by Crippen LogP contribution is -2.48. The minimum atomic E-state index is -0.914. The number of pyridine rings is 1. The van der Waals surface area contributed by atoms with Crippen molar-refractivity contribution in [1.82, 2.24) is 9.88 Å². The van der Waals surface area contributed by atoms with Crippen LogP contribution in [0.5, 0.6) is 0 Å². The maximum absolute atomic E-state index is 12.4. The molecule has 1 saturated heterocycles. The summed E-state index contributed by atoms with van der Waals surface area (Å²) in [6, 6.07) is 14.8. The lowest BCUT2D eigenvalue weighted by Gasteiger charge is -2.38. The Kier molecular flexibility index (Phi) is 4.93. The van der Waals surface area contributed by atoms with Gasteiger partial charge >= 0.3 is 5.97 Å². The molecule has 0 saturated carbocycles. The van der Waals surface area contributed by atoms with Crippen molar-refractivity contribution in [3.63, 3.8) is 0 Å². The van der Waals surface area contributed by atoms with E-state index >= 15 is 0 Å². The fraction of sp³-hybridized carbons (Fsp3) is 0.250. The highest BCUT2D eigenvalue weighted by Gasteiger charge is 2.43. The molecule has 1 aliphatic heterocycles. The number of likely N-dealkylation sites (tertiary alicyclic amines) is 1. The van der Waals surface area contributed by atoms with Crippen LogP contribution in [0, 0.1) is 0 Å². The molecule has 1 aliphatic rings. The summed E-state index contributed by atoms with van der Waals surface area (Å²) in [6.07, 6.45) is 5.67. The van der Waals surface area contributed by atoms with Crippen LogP contribution in [0.4, 0.5) is 0 Å². The van der Waals surface area contributed by atoms with E-state index < -0.39 is 11.4 Å². The lowest BCUT2D eigenvalue weighted by molar-refractivity contribution is -0.147. The van der Waals surface area contributed by atoms with Gasteiger partial charge in [0.25, 0.3) is 0 Å². The van der Waals surface area contributed by atoms with Gasteiger partial charge in [0.05, 0.1) is 11.1 Å². The Morgan fingerprint density at radius 3 is 2.32 bits per heavy atom. The van der Waals surface area contributed by atoms with E-state index in [9.17, 15) is 14.7 Å². The fourth-order valence-corrected chi connectivity index (χ4v) is 3.23. The summed E-state index contributed by atoms with van der Waals surface area (Å²) in [6.45, 7) is 0.846. The highest BCUT2D eigenvalue weighted by Crippen LogP contribution is 2.35. The van der Waals surface area contributed by atoms with Crippen molar-refractivity contribution < 1.29 is 14.7 Å².